The van der Waals surface area contributed by atoms with Gasteiger partial charge in [0, 0.05) is 29.8 Å². The Morgan fingerprint density at radius 2 is 2.20 bits per heavy atom. The third-order valence-electron chi connectivity index (χ3n) is 3.60. The lowest BCUT2D eigenvalue weighted by molar-refractivity contribution is 0.0342. The van der Waals surface area contributed by atoms with Gasteiger partial charge >= 0.3 is 0 Å². The SMILES string of the molecule is CC1(NCC(O)COc2cccc(Br)c2)CCOCC1. The van der Waals surface area contributed by atoms with Crippen molar-refractivity contribution in [3.05, 3.63) is 28.7 Å². The number of ether oxygens (including phenoxy) is 2. The van der Waals surface area contributed by atoms with Crippen LogP contribution in [0.15, 0.2) is 28.7 Å². The number of aliphatic hydroxyl groups excluding tert-OH is 1. The molecule has 0 aliphatic carbocycles. The first kappa shape index (κ1) is 15.8. The lowest BCUT2D eigenvalue weighted by Gasteiger charge is -2.35. The zero-order valence-electron chi connectivity index (χ0n) is 11.8. The minimum absolute atomic E-state index is 0.0645. The van der Waals surface area contributed by atoms with Crippen LogP contribution in [0.5, 0.6) is 5.75 Å². The number of aliphatic hydroxyl groups is 1. The highest BCUT2D eigenvalue weighted by molar-refractivity contribution is 9.10. The quantitative estimate of drug-likeness (QED) is 0.832. The van der Waals surface area contributed by atoms with Gasteiger partial charge in [-0.25, -0.2) is 0 Å². The molecule has 112 valence electrons. The molecule has 1 saturated heterocycles. The Balaban J connectivity index is 1.71. The molecule has 1 unspecified atom stereocenters. The summed E-state index contributed by atoms with van der Waals surface area (Å²) in [5.74, 6) is 0.760. The van der Waals surface area contributed by atoms with Gasteiger partial charge in [-0.1, -0.05) is 22.0 Å². The van der Waals surface area contributed by atoms with Crippen LogP contribution in [0.2, 0.25) is 0 Å². The Labute approximate surface area is 128 Å². The molecule has 0 aromatic heterocycles. The summed E-state index contributed by atoms with van der Waals surface area (Å²) in [4.78, 5) is 0. The van der Waals surface area contributed by atoms with E-state index >= 15 is 0 Å². The predicted molar refractivity (Wildman–Crippen MR) is 82.1 cm³/mol. The first-order valence-electron chi connectivity index (χ1n) is 6.97. The number of halogens is 1. The number of benzene rings is 1. The van der Waals surface area contributed by atoms with Gasteiger partial charge < -0.3 is 19.9 Å². The van der Waals surface area contributed by atoms with E-state index in [9.17, 15) is 5.11 Å². The van der Waals surface area contributed by atoms with Gasteiger partial charge in [0.1, 0.15) is 18.5 Å². The van der Waals surface area contributed by atoms with Crippen molar-refractivity contribution >= 4 is 15.9 Å². The van der Waals surface area contributed by atoms with E-state index in [-0.39, 0.29) is 12.1 Å². The maximum Gasteiger partial charge on any atom is 0.120 e. The van der Waals surface area contributed by atoms with E-state index in [1.165, 1.54) is 0 Å². The van der Waals surface area contributed by atoms with Gasteiger partial charge in [0.05, 0.1) is 0 Å². The first-order chi connectivity index (χ1) is 9.57. The Morgan fingerprint density at radius 3 is 2.90 bits per heavy atom. The monoisotopic (exact) mass is 343 g/mol. The van der Waals surface area contributed by atoms with Gasteiger partial charge in [-0.3, -0.25) is 0 Å². The minimum Gasteiger partial charge on any atom is -0.491 e. The fourth-order valence-corrected chi connectivity index (χ4v) is 2.55. The fourth-order valence-electron chi connectivity index (χ4n) is 2.17. The number of nitrogens with one attached hydrogen (secondary N) is 1. The summed E-state index contributed by atoms with van der Waals surface area (Å²) in [5, 5.41) is 13.4. The van der Waals surface area contributed by atoms with Crippen LogP contribution >= 0.6 is 15.9 Å². The van der Waals surface area contributed by atoms with Gasteiger partial charge in [-0.2, -0.15) is 0 Å². The van der Waals surface area contributed by atoms with Crippen molar-refractivity contribution in [2.75, 3.05) is 26.4 Å². The molecule has 1 aromatic rings. The molecule has 4 nitrogen and oxygen atoms in total. The molecular formula is C15H22BrNO3. The van der Waals surface area contributed by atoms with Crippen molar-refractivity contribution in [2.45, 2.75) is 31.4 Å². The number of β-amino-alcohol motifs (C(OH)–C–C–N with tert-alkyl or cyclic N) is 1. The molecule has 5 heteroatoms. The third-order valence-corrected chi connectivity index (χ3v) is 4.09. The van der Waals surface area contributed by atoms with Gasteiger partial charge in [0.2, 0.25) is 0 Å². The molecular weight excluding hydrogens is 322 g/mol. The predicted octanol–water partition coefficient (Wildman–Crippen LogP) is 2.35. The van der Waals surface area contributed by atoms with Crippen molar-refractivity contribution in [1.82, 2.24) is 5.32 Å². The van der Waals surface area contributed by atoms with Crippen LogP contribution in [-0.4, -0.2) is 43.1 Å². The Kier molecular flexibility index (Phi) is 5.84. The normalized spacial score (nSPS) is 19.6. The molecule has 0 spiro atoms. The molecule has 0 saturated carbocycles. The second-order valence-electron chi connectivity index (χ2n) is 5.48. The van der Waals surface area contributed by atoms with Crippen molar-refractivity contribution in [3.63, 3.8) is 0 Å². The van der Waals surface area contributed by atoms with E-state index in [0.29, 0.717) is 6.54 Å². The summed E-state index contributed by atoms with van der Waals surface area (Å²) >= 11 is 3.39. The zero-order valence-corrected chi connectivity index (χ0v) is 13.4. The zero-order chi connectivity index (χ0) is 14.4. The average Bonchev–Trinajstić information content (AvgIpc) is 2.44. The number of rotatable bonds is 6. The number of hydrogen-bond donors (Lipinski definition) is 2. The summed E-state index contributed by atoms with van der Waals surface area (Å²) in [6, 6.07) is 7.62. The van der Waals surface area contributed by atoms with Gasteiger partial charge in [0.15, 0.2) is 0 Å². The maximum absolute atomic E-state index is 9.99. The van der Waals surface area contributed by atoms with Crippen LogP contribution in [0.25, 0.3) is 0 Å². The highest BCUT2D eigenvalue weighted by Crippen LogP contribution is 2.20. The van der Waals surface area contributed by atoms with Crippen molar-refractivity contribution < 1.29 is 14.6 Å². The lowest BCUT2D eigenvalue weighted by Crippen LogP contribution is -2.50. The van der Waals surface area contributed by atoms with E-state index in [4.69, 9.17) is 9.47 Å². The van der Waals surface area contributed by atoms with Gasteiger partial charge in [0.25, 0.3) is 0 Å². The van der Waals surface area contributed by atoms with E-state index < -0.39 is 6.10 Å². The molecule has 1 atom stereocenters. The number of hydrogen-bond acceptors (Lipinski definition) is 4. The van der Waals surface area contributed by atoms with E-state index in [1.807, 2.05) is 24.3 Å². The van der Waals surface area contributed by atoms with Crippen LogP contribution in [0.1, 0.15) is 19.8 Å². The second-order valence-corrected chi connectivity index (χ2v) is 6.39. The van der Waals surface area contributed by atoms with Gasteiger partial charge in [-0.05, 0) is 38.0 Å². The fraction of sp³-hybridized carbons (Fsp3) is 0.600. The standard InChI is InChI=1S/C15H22BrNO3/c1-15(5-7-19-8-6-15)17-10-13(18)11-20-14-4-2-3-12(16)9-14/h2-4,9,13,17-18H,5-8,10-11H2,1H3. The molecule has 2 rings (SSSR count). The summed E-state index contributed by atoms with van der Waals surface area (Å²) < 4.78 is 11.9. The molecule has 20 heavy (non-hydrogen) atoms. The molecule has 1 heterocycles. The van der Waals surface area contributed by atoms with Gasteiger partial charge in [-0.15, -0.1) is 0 Å². The van der Waals surface area contributed by atoms with Crippen LogP contribution in [-0.2, 0) is 4.74 Å². The highest BCUT2D eigenvalue weighted by Gasteiger charge is 2.27. The maximum atomic E-state index is 9.99. The Hall–Kier alpha value is -0.620. The van der Waals surface area contributed by atoms with Crippen LogP contribution < -0.4 is 10.1 Å². The summed E-state index contributed by atoms with van der Waals surface area (Å²) in [7, 11) is 0. The first-order valence-corrected chi connectivity index (χ1v) is 7.76. The van der Waals surface area contributed by atoms with Crippen LogP contribution in [0, 0.1) is 0 Å². The van der Waals surface area contributed by atoms with E-state index in [1.54, 1.807) is 0 Å². The van der Waals surface area contributed by atoms with E-state index in [2.05, 4.69) is 28.2 Å². The Morgan fingerprint density at radius 1 is 1.45 bits per heavy atom. The van der Waals surface area contributed by atoms with Crippen LogP contribution in [0.4, 0.5) is 0 Å². The topological polar surface area (TPSA) is 50.7 Å². The second kappa shape index (κ2) is 7.41. The summed E-state index contributed by atoms with van der Waals surface area (Å²) in [6.45, 7) is 4.57. The molecule has 0 radical (unpaired) electrons. The molecule has 2 N–H and O–H groups in total. The summed E-state index contributed by atoms with van der Waals surface area (Å²) in [6.07, 6.45) is 1.44. The molecule has 1 aliphatic heterocycles. The smallest absolute Gasteiger partial charge is 0.120 e. The van der Waals surface area contributed by atoms with Crippen molar-refractivity contribution in [1.29, 1.82) is 0 Å². The highest BCUT2D eigenvalue weighted by atomic mass is 79.9. The molecule has 0 bridgehead atoms. The third kappa shape index (κ3) is 5.05. The van der Waals surface area contributed by atoms with Crippen molar-refractivity contribution in [2.24, 2.45) is 0 Å². The van der Waals surface area contributed by atoms with Crippen molar-refractivity contribution in [3.8, 4) is 5.75 Å². The largest absolute Gasteiger partial charge is 0.491 e. The average molecular weight is 344 g/mol. The summed E-state index contributed by atoms with van der Waals surface area (Å²) in [5.41, 5.74) is 0.0645. The Bertz CT molecular complexity index is 421. The lowest BCUT2D eigenvalue weighted by atomic mass is 9.92. The van der Waals surface area contributed by atoms with Crippen LogP contribution in [0.3, 0.4) is 0 Å². The molecule has 1 aliphatic rings. The molecule has 1 fully saturated rings. The molecule has 0 amide bonds. The minimum atomic E-state index is -0.520. The molecule has 1 aromatic carbocycles. The van der Waals surface area contributed by atoms with E-state index in [0.717, 1.165) is 36.3 Å².